The lowest BCUT2D eigenvalue weighted by molar-refractivity contribution is -0.144. The third kappa shape index (κ3) is 5.32. The topological polar surface area (TPSA) is 114 Å². The van der Waals surface area contributed by atoms with Gasteiger partial charge in [-0.3, -0.25) is 14.9 Å². The summed E-state index contributed by atoms with van der Waals surface area (Å²) in [6.45, 7) is -0.499. The fourth-order valence-electron chi connectivity index (χ4n) is 3.77. The number of hydrogen-bond acceptors (Lipinski definition) is 5. The van der Waals surface area contributed by atoms with Crippen LogP contribution in [0.5, 0.6) is 0 Å². The Hall–Kier alpha value is -3.44. The zero-order chi connectivity index (χ0) is 23.4. The van der Waals surface area contributed by atoms with E-state index in [1.54, 1.807) is 12.1 Å². The molecule has 0 aromatic heterocycles. The molecule has 0 spiro atoms. The SMILES string of the molecule is O=C(O)CONC(=O)c1cc(I)cc(NC(=O)OCC2c3ccccc3-c3ccccc32)c1. The maximum Gasteiger partial charge on any atom is 0.411 e. The molecule has 3 N–H and O–H groups in total. The summed E-state index contributed by atoms with van der Waals surface area (Å²) >= 11 is 2.01. The average molecular weight is 558 g/mol. The minimum Gasteiger partial charge on any atom is -0.479 e. The van der Waals surface area contributed by atoms with Crippen molar-refractivity contribution in [3.8, 4) is 11.1 Å². The summed E-state index contributed by atoms with van der Waals surface area (Å²) in [7, 11) is 0. The van der Waals surface area contributed by atoms with E-state index in [1.165, 1.54) is 6.07 Å². The molecule has 8 nitrogen and oxygen atoms in total. The van der Waals surface area contributed by atoms with Crippen LogP contribution in [0.15, 0.2) is 66.7 Å². The van der Waals surface area contributed by atoms with Gasteiger partial charge >= 0.3 is 12.1 Å². The van der Waals surface area contributed by atoms with Crippen LogP contribution in [0.3, 0.4) is 0 Å². The lowest BCUT2D eigenvalue weighted by atomic mass is 9.98. The van der Waals surface area contributed by atoms with E-state index in [0.717, 1.165) is 22.3 Å². The molecule has 0 heterocycles. The number of fused-ring (bicyclic) bond motifs is 3. The number of amides is 2. The second-order valence-electron chi connectivity index (χ2n) is 7.29. The highest BCUT2D eigenvalue weighted by molar-refractivity contribution is 14.1. The summed E-state index contributed by atoms with van der Waals surface area (Å²) in [6.07, 6.45) is -0.646. The number of nitrogens with one attached hydrogen (secondary N) is 2. The van der Waals surface area contributed by atoms with Gasteiger partial charge in [-0.2, -0.15) is 0 Å². The highest BCUT2D eigenvalue weighted by Crippen LogP contribution is 2.44. The first-order valence-electron chi connectivity index (χ1n) is 9.99. The fraction of sp³-hybridized carbons (Fsp3) is 0.125. The molecule has 0 atom stereocenters. The van der Waals surface area contributed by atoms with Crippen molar-refractivity contribution in [1.82, 2.24) is 5.48 Å². The van der Waals surface area contributed by atoms with E-state index < -0.39 is 24.6 Å². The van der Waals surface area contributed by atoms with Crippen LogP contribution in [0, 0.1) is 3.57 Å². The second kappa shape index (κ2) is 10.0. The van der Waals surface area contributed by atoms with E-state index in [4.69, 9.17) is 9.84 Å². The minimum absolute atomic E-state index is 0.0632. The maximum atomic E-state index is 12.5. The summed E-state index contributed by atoms with van der Waals surface area (Å²) in [5.74, 6) is -1.91. The molecule has 1 aliphatic rings. The summed E-state index contributed by atoms with van der Waals surface area (Å²) < 4.78 is 6.22. The number of hydroxylamine groups is 1. The van der Waals surface area contributed by atoms with Crippen LogP contribution >= 0.6 is 22.6 Å². The maximum absolute atomic E-state index is 12.5. The van der Waals surface area contributed by atoms with Crippen molar-refractivity contribution in [3.05, 3.63) is 87.0 Å². The quantitative estimate of drug-likeness (QED) is 0.293. The van der Waals surface area contributed by atoms with Gasteiger partial charge in [0.1, 0.15) is 6.61 Å². The lowest BCUT2D eigenvalue weighted by Gasteiger charge is -2.15. The zero-order valence-corrected chi connectivity index (χ0v) is 19.4. The Morgan fingerprint density at radius 3 is 2.21 bits per heavy atom. The number of hydrogen-bond donors (Lipinski definition) is 3. The number of ether oxygens (including phenoxy) is 1. The first-order valence-corrected chi connectivity index (χ1v) is 11.1. The third-order valence-electron chi connectivity index (χ3n) is 5.11. The van der Waals surface area contributed by atoms with Crippen molar-refractivity contribution in [2.45, 2.75) is 5.92 Å². The van der Waals surface area contributed by atoms with Gasteiger partial charge in [0.05, 0.1) is 0 Å². The summed E-state index contributed by atoms with van der Waals surface area (Å²) in [5, 5.41) is 11.2. The largest absolute Gasteiger partial charge is 0.479 e. The van der Waals surface area contributed by atoms with E-state index in [-0.39, 0.29) is 18.1 Å². The molecule has 3 aromatic carbocycles. The van der Waals surface area contributed by atoms with E-state index in [0.29, 0.717) is 9.26 Å². The molecule has 0 bridgehead atoms. The average Bonchev–Trinajstić information content (AvgIpc) is 3.11. The summed E-state index contributed by atoms with van der Waals surface area (Å²) in [4.78, 5) is 39.8. The number of rotatable bonds is 7. The molecule has 4 rings (SSSR count). The molecule has 33 heavy (non-hydrogen) atoms. The van der Waals surface area contributed by atoms with Crippen LogP contribution in [0.2, 0.25) is 0 Å². The lowest BCUT2D eigenvalue weighted by Crippen LogP contribution is -2.27. The number of carbonyl (C=O) groups excluding carboxylic acids is 2. The predicted molar refractivity (Wildman–Crippen MR) is 129 cm³/mol. The molecule has 0 saturated carbocycles. The van der Waals surface area contributed by atoms with Crippen LogP contribution in [0.1, 0.15) is 27.4 Å². The number of carboxylic acids is 1. The first kappa shape index (κ1) is 22.7. The fourth-order valence-corrected chi connectivity index (χ4v) is 4.44. The number of anilines is 1. The van der Waals surface area contributed by atoms with Crippen molar-refractivity contribution in [2.75, 3.05) is 18.5 Å². The van der Waals surface area contributed by atoms with Gasteiger partial charge in [0.2, 0.25) is 0 Å². The van der Waals surface area contributed by atoms with E-state index in [2.05, 4.69) is 27.8 Å². The van der Waals surface area contributed by atoms with Gasteiger partial charge in [-0.15, -0.1) is 0 Å². The van der Waals surface area contributed by atoms with Crippen molar-refractivity contribution < 1.29 is 29.1 Å². The Balaban J connectivity index is 1.41. The molecule has 0 aliphatic heterocycles. The molecule has 168 valence electrons. The van der Waals surface area contributed by atoms with Gasteiger partial charge in [-0.25, -0.2) is 15.1 Å². The zero-order valence-electron chi connectivity index (χ0n) is 17.2. The molecule has 0 radical (unpaired) electrons. The first-order chi connectivity index (χ1) is 15.9. The number of carbonyl (C=O) groups is 3. The monoisotopic (exact) mass is 558 g/mol. The minimum atomic E-state index is -1.21. The van der Waals surface area contributed by atoms with Gasteiger partial charge in [0.25, 0.3) is 5.91 Å². The number of benzene rings is 3. The highest BCUT2D eigenvalue weighted by Gasteiger charge is 2.29. The molecule has 0 fully saturated rings. The molecule has 3 aromatic rings. The molecule has 0 saturated heterocycles. The molecular weight excluding hydrogens is 539 g/mol. The van der Waals surface area contributed by atoms with Crippen LogP contribution < -0.4 is 10.8 Å². The Bertz CT molecular complexity index is 1180. The van der Waals surface area contributed by atoms with Gasteiger partial charge < -0.3 is 9.84 Å². The van der Waals surface area contributed by atoms with Crippen LogP contribution in [0.4, 0.5) is 10.5 Å². The molecular formula is C24H19IN2O6. The Morgan fingerprint density at radius 2 is 1.58 bits per heavy atom. The van der Waals surface area contributed by atoms with E-state index in [1.807, 2.05) is 59.0 Å². The van der Waals surface area contributed by atoms with Crippen molar-refractivity contribution in [2.24, 2.45) is 0 Å². The second-order valence-corrected chi connectivity index (χ2v) is 8.54. The Kier molecular flexibility index (Phi) is 6.90. The summed E-state index contributed by atoms with van der Waals surface area (Å²) in [5.41, 5.74) is 7.11. The van der Waals surface area contributed by atoms with Crippen molar-refractivity contribution in [3.63, 3.8) is 0 Å². The Morgan fingerprint density at radius 1 is 0.939 bits per heavy atom. The van der Waals surface area contributed by atoms with Crippen molar-refractivity contribution >= 4 is 46.2 Å². The van der Waals surface area contributed by atoms with Gasteiger partial charge in [0.15, 0.2) is 6.61 Å². The van der Waals surface area contributed by atoms with Crippen LogP contribution in [-0.4, -0.2) is 36.3 Å². The number of halogens is 1. The van der Waals surface area contributed by atoms with Gasteiger partial charge in [-0.1, -0.05) is 48.5 Å². The normalized spacial score (nSPS) is 11.9. The number of carboxylic acid groups (broad SMARTS) is 1. The summed E-state index contributed by atoms with van der Waals surface area (Å²) in [6, 6.07) is 20.8. The molecule has 1 aliphatic carbocycles. The van der Waals surface area contributed by atoms with E-state index >= 15 is 0 Å². The van der Waals surface area contributed by atoms with E-state index in [9.17, 15) is 14.4 Å². The standard InChI is InChI=1S/C24H19IN2O6/c25-15-9-14(23(30)27-33-13-22(28)29)10-16(11-15)26-24(31)32-12-21-19-7-3-1-5-17(19)18-6-2-4-8-20(18)21/h1-11,21H,12-13H2,(H,26,31)(H,27,30)(H,28,29). The smallest absolute Gasteiger partial charge is 0.411 e. The predicted octanol–water partition coefficient (Wildman–Crippen LogP) is 4.40. The Labute approximate surface area is 203 Å². The van der Waals surface area contributed by atoms with Crippen molar-refractivity contribution in [1.29, 1.82) is 0 Å². The highest BCUT2D eigenvalue weighted by atomic mass is 127. The number of aliphatic carboxylic acids is 1. The molecule has 9 heteroatoms. The van der Waals surface area contributed by atoms with Gasteiger partial charge in [0, 0.05) is 20.7 Å². The van der Waals surface area contributed by atoms with Crippen LogP contribution in [-0.2, 0) is 14.4 Å². The third-order valence-corrected chi connectivity index (χ3v) is 5.73. The van der Waals surface area contributed by atoms with Gasteiger partial charge in [-0.05, 0) is 63.0 Å². The van der Waals surface area contributed by atoms with Crippen LogP contribution in [0.25, 0.3) is 11.1 Å². The molecule has 2 amide bonds. The molecule has 0 unspecified atom stereocenters.